The first kappa shape index (κ1) is 21.0. The molecule has 0 bridgehead atoms. The van der Waals surface area contributed by atoms with Gasteiger partial charge in [0, 0.05) is 37.2 Å². The summed E-state index contributed by atoms with van der Waals surface area (Å²) in [6, 6.07) is 41.0. The number of rotatable bonds is 6. The van der Waals surface area contributed by atoms with Crippen molar-refractivity contribution in [1.82, 2.24) is 0 Å². The van der Waals surface area contributed by atoms with Gasteiger partial charge in [0.15, 0.2) is 0 Å². The van der Waals surface area contributed by atoms with Crippen LogP contribution in [0.5, 0.6) is 0 Å². The molecule has 8 aromatic carbocycles. The number of fused-ring (bicyclic) bond motifs is 4. The second-order valence-corrected chi connectivity index (χ2v) is 12.6. The van der Waals surface area contributed by atoms with Gasteiger partial charge in [0.2, 0.25) is 0 Å². The van der Waals surface area contributed by atoms with E-state index in [1.807, 2.05) is 84.9 Å². The van der Waals surface area contributed by atoms with Crippen LogP contribution in [0, 0.1) is 0 Å². The fraction of sp³-hybridized carbons (Fsp3) is 0. The molecule has 0 spiro atoms. The third kappa shape index (κ3) is 5.04. The maximum Gasteiger partial charge on any atom is 0.0645 e. The summed E-state index contributed by atoms with van der Waals surface area (Å²) in [5, 5.41) is 3.91. The second kappa shape index (κ2) is 12.0. The second-order valence-electron chi connectivity index (χ2n) is 11.5. The van der Waals surface area contributed by atoms with E-state index in [0.717, 1.165) is 42.1 Å². The highest BCUT2D eigenvalue weighted by Crippen LogP contribution is 2.43. The van der Waals surface area contributed by atoms with Crippen molar-refractivity contribution in [2.24, 2.45) is 0 Å². The van der Waals surface area contributed by atoms with Crippen LogP contribution in [0.25, 0.3) is 64.3 Å². The summed E-state index contributed by atoms with van der Waals surface area (Å²) >= 11 is 1.67. The number of hydrogen-bond donors (Lipinski definition) is 0. The lowest BCUT2D eigenvalue weighted by atomic mass is 9.98. The zero-order chi connectivity index (χ0) is 38.8. The first-order chi connectivity index (χ1) is 27.2. The molecule has 0 unspecified atom stereocenters. The average Bonchev–Trinajstić information content (AvgIpc) is 3.61. The zero-order valence-corrected chi connectivity index (χ0v) is 26.5. The maximum absolute atomic E-state index is 9.53. The monoisotopic (exact) mass is 637 g/mol. The predicted molar refractivity (Wildman–Crippen MR) is 208 cm³/mol. The number of hydrogen-bond acceptors (Lipinski definition) is 2. The first-order valence-corrected chi connectivity index (χ1v) is 16.5. The van der Waals surface area contributed by atoms with Crippen LogP contribution in [0.4, 0.5) is 17.1 Å². The summed E-state index contributed by atoms with van der Waals surface area (Å²) in [6.07, 6.45) is 0. The third-order valence-corrected chi connectivity index (χ3v) is 9.83. The van der Waals surface area contributed by atoms with Crippen molar-refractivity contribution < 1.29 is 11.0 Å². The molecule has 1 nitrogen and oxygen atoms in total. The molecule has 0 aliphatic carbocycles. The summed E-state index contributed by atoms with van der Waals surface area (Å²) in [6.45, 7) is 0. The Bertz CT molecular complexity index is 2970. The maximum atomic E-state index is 9.53. The van der Waals surface area contributed by atoms with Gasteiger partial charge in [-0.3, -0.25) is 0 Å². The normalized spacial score (nSPS) is 13.7. The molecular weight excluding hydrogens is 599 g/mol. The van der Waals surface area contributed by atoms with Gasteiger partial charge in [0.05, 0.1) is 11.0 Å². The third-order valence-electron chi connectivity index (χ3n) is 8.61. The van der Waals surface area contributed by atoms with Crippen LogP contribution in [0.15, 0.2) is 188 Å². The van der Waals surface area contributed by atoms with E-state index in [-0.39, 0.29) is 70.8 Å². The van der Waals surface area contributed by atoms with Gasteiger partial charge in [-0.25, -0.2) is 0 Å². The van der Waals surface area contributed by atoms with Gasteiger partial charge in [-0.1, -0.05) is 145 Å². The quantitative estimate of drug-likeness (QED) is 0.175. The molecule has 1 heterocycles. The van der Waals surface area contributed by atoms with Crippen LogP contribution in [0.3, 0.4) is 0 Å². The largest absolute Gasteiger partial charge is 0.310 e. The van der Waals surface area contributed by atoms with Crippen molar-refractivity contribution in [3.63, 3.8) is 0 Å². The molecule has 226 valence electrons. The van der Waals surface area contributed by atoms with Crippen LogP contribution in [-0.2, 0) is 0 Å². The minimum Gasteiger partial charge on any atom is -0.310 e. The fourth-order valence-electron chi connectivity index (χ4n) is 6.32. The standard InChI is InChI=1S/C46H31NS/c1-2-11-32(12-3-1)33-23-27-37(28-24-33)47(38-29-25-35(26-30-38)41-19-9-14-34-13-4-5-17-40(34)41)39-16-8-15-36(31-39)42-20-10-21-44-43-18-6-7-22-45(43)48-46(42)44/h1-31H/i23D,24D,25D,26D,27D,28D,29D,30D. The molecule has 2 heteroatoms. The Morgan fingerprint density at radius 3 is 1.79 bits per heavy atom. The van der Waals surface area contributed by atoms with Gasteiger partial charge in [0.25, 0.3) is 0 Å². The Kier molecular flexibility index (Phi) is 5.26. The topological polar surface area (TPSA) is 3.24 Å². The summed E-state index contributed by atoms with van der Waals surface area (Å²) in [5.74, 6) is 0. The van der Waals surface area contributed by atoms with E-state index in [4.69, 9.17) is 0 Å². The van der Waals surface area contributed by atoms with Crippen molar-refractivity contribution in [3.8, 4) is 33.4 Å². The average molecular weight is 638 g/mol. The Hall–Kier alpha value is -5.96. The van der Waals surface area contributed by atoms with Crippen LogP contribution in [0.2, 0.25) is 0 Å². The smallest absolute Gasteiger partial charge is 0.0645 e. The lowest BCUT2D eigenvalue weighted by Crippen LogP contribution is -2.10. The first-order valence-electron chi connectivity index (χ1n) is 19.7. The van der Waals surface area contributed by atoms with E-state index < -0.39 is 0 Å². The van der Waals surface area contributed by atoms with Crippen LogP contribution >= 0.6 is 11.3 Å². The van der Waals surface area contributed by atoms with Gasteiger partial charge in [0.1, 0.15) is 0 Å². The van der Waals surface area contributed by atoms with Gasteiger partial charge >= 0.3 is 0 Å². The number of nitrogens with zero attached hydrogens (tertiary/aromatic N) is 1. The Morgan fingerprint density at radius 1 is 0.396 bits per heavy atom. The Balaban J connectivity index is 1.33. The van der Waals surface area contributed by atoms with Gasteiger partial charge < -0.3 is 4.90 Å². The van der Waals surface area contributed by atoms with Crippen molar-refractivity contribution >= 4 is 59.3 Å². The molecule has 9 aromatic rings. The molecule has 9 rings (SSSR count). The minimum atomic E-state index is -0.380. The van der Waals surface area contributed by atoms with E-state index in [0.29, 0.717) is 16.8 Å². The molecule has 0 aliphatic heterocycles. The van der Waals surface area contributed by atoms with Crippen molar-refractivity contribution in [2.75, 3.05) is 4.90 Å². The van der Waals surface area contributed by atoms with E-state index in [2.05, 4.69) is 18.2 Å². The van der Waals surface area contributed by atoms with E-state index >= 15 is 0 Å². The summed E-state index contributed by atoms with van der Waals surface area (Å²) < 4.78 is 77.2. The molecule has 0 saturated carbocycles. The van der Waals surface area contributed by atoms with Crippen LogP contribution < -0.4 is 4.90 Å². The Morgan fingerprint density at radius 2 is 0.979 bits per heavy atom. The molecule has 0 fully saturated rings. The lowest BCUT2D eigenvalue weighted by Gasteiger charge is -2.26. The van der Waals surface area contributed by atoms with E-state index in [1.54, 1.807) is 47.7 Å². The molecule has 48 heavy (non-hydrogen) atoms. The number of benzene rings is 8. The molecule has 0 aliphatic rings. The van der Waals surface area contributed by atoms with Crippen molar-refractivity contribution in [2.45, 2.75) is 0 Å². The van der Waals surface area contributed by atoms with Gasteiger partial charge in [-0.2, -0.15) is 0 Å². The fourth-order valence-corrected chi connectivity index (χ4v) is 7.56. The molecule has 0 N–H and O–H groups in total. The van der Waals surface area contributed by atoms with Crippen molar-refractivity contribution in [3.05, 3.63) is 188 Å². The number of thiophene rings is 1. The number of anilines is 3. The van der Waals surface area contributed by atoms with Crippen molar-refractivity contribution in [1.29, 1.82) is 0 Å². The highest BCUT2D eigenvalue weighted by atomic mass is 32.1. The molecule has 0 amide bonds. The molecule has 1 aromatic heterocycles. The lowest BCUT2D eigenvalue weighted by molar-refractivity contribution is 1.28. The molecule has 0 atom stereocenters. The summed E-state index contributed by atoms with van der Waals surface area (Å²) in [7, 11) is 0. The van der Waals surface area contributed by atoms with E-state index in [1.165, 1.54) is 4.90 Å². The molecule has 0 radical (unpaired) electrons. The molecular formula is C46H31NS. The minimum absolute atomic E-state index is 0.125. The van der Waals surface area contributed by atoms with Gasteiger partial charge in [-0.15, -0.1) is 11.3 Å². The van der Waals surface area contributed by atoms with Crippen LogP contribution in [0.1, 0.15) is 11.0 Å². The summed E-state index contributed by atoms with van der Waals surface area (Å²) in [5.41, 5.74) is 3.04. The summed E-state index contributed by atoms with van der Waals surface area (Å²) in [4.78, 5) is 1.37. The van der Waals surface area contributed by atoms with Crippen LogP contribution in [-0.4, -0.2) is 0 Å². The van der Waals surface area contributed by atoms with E-state index in [9.17, 15) is 11.0 Å². The highest BCUT2D eigenvalue weighted by Gasteiger charge is 2.16. The molecule has 0 saturated heterocycles. The zero-order valence-electron chi connectivity index (χ0n) is 33.6. The Labute approximate surface area is 295 Å². The SMILES string of the molecule is [2H]c1c([2H])c(N(c2cccc(-c3cccc4c3sc3ccccc34)c2)c2c([2H])c([2H])c(-c3cccc4ccccc34)c([2H])c2[2H])c([2H])c([2H])c1-c1ccccc1. The van der Waals surface area contributed by atoms with Gasteiger partial charge in [-0.05, 0) is 86.5 Å². The predicted octanol–water partition coefficient (Wildman–Crippen LogP) is 13.7. The highest BCUT2D eigenvalue weighted by molar-refractivity contribution is 7.26.